The third-order valence-electron chi connectivity index (χ3n) is 5.55. The van der Waals surface area contributed by atoms with Crippen molar-refractivity contribution in [1.29, 1.82) is 0 Å². The lowest BCUT2D eigenvalue weighted by atomic mass is 9.98. The number of fused-ring (bicyclic) bond motifs is 1. The van der Waals surface area contributed by atoms with E-state index in [1.54, 1.807) is 12.1 Å². The van der Waals surface area contributed by atoms with Crippen LogP contribution in [-0.2, 0) is 4.74 Å². The zero-order valence-electron chi connectivity index (χ0n) is 17.3. The van der Waals surface area contributed by atoms with Crippen molar-refractivity contribution in [3.8, 4) is 0 Å². The molecule has 6 heteroatoms. The average molecular weight is 414 g/mol. The summed E-state index contributed by atoms with van der Waals surface area (Å²) in [5.41, 5.74) is 9.82. The Morgan fingerprint density at radius 3 is 2.35 bits per heavy atom. The molecule has 0 atom stereocenters. The standard InChI is InChI=1S/C25H23FN4O/c1-17-2-11-23-22(16-17)24(28-29-25(27-23)19-3-7-20(26)8-4-19)18-5-9-21(10-6-18)30-12-14-31-15-13-30/h2-11,16H,12-15H2,1H3,(H,27,29). The molecule has 1 fully saturated rings. The molecule has 2 aliphatic rings. The molecule has 0 aliphatic carbocycles. The van der Waals surface area contributed by atoms with Crippen LogP contribution >= 0.6 is 0 Å². The van der Waals surface area contributed by atoms with E-state index in [4.69, 9.17) is 14.8 Å². The lowest BCUT2D eigenvalue weighted by Gasteiger charge is -2.29. The van der Waals surface area contributed by atoms with Crippen LogP contribution in [0.15, 0.2) is 76.8 Å². The van der Waals surface area contributed by atoms with Crippen molar-refractivity contribution in [2.75, 3.05) is 31.2 Å². The summed E-state index contributed by atoms with van der Waals surface area (Å²) in [5.74, 6) is 0.309. The monoisotopic (exact) mass is 414 g/mol. The quantitative estimate of drug-likeness (QED) is 0.691. The van der Waals surface area contributed by atoms with Gasteiger partial charge >= 0.3 is 0 Å². The van der Waals surface area contributed by atoms with E-state index in [0.29, 0.717) is 5.84 Å². The summed E-state index contributed by atoms with van der Waals surface area (Å²) in [7, 11) is 0. The Labute approximate surface area is 180 Å². The van der Waals surface area contributed by atoms with E-state index in [9.17, 15) is 4.39 Å². The molecule has 0 aromatic heterocycles. The summed E-state index contributed by atoms with van der Waals surface area (Å²) in [6.07, 6.45) is 0. The Hall–Kier alpha value is -3.51. The second kappa shape index (κ2) is 8.32. The predicted molar refractivity (Wildman–Crippen MR) is 122 cm³/mol. The smallest absolute Gasteiger partial charge is 0.154 e. The molecule has 0 spiro atoms. The SMILES string of the molecule is Cc1ccc2c(c1)C(c1ccc(N3CCOCC3)cc1)=NNC(c1ccc(F)cc1)=N2. The highest BCUT2D eigenvalue weighted by molar-refractivity contribution is 6.18. The number of halogens is 1. The molecule has 1 N–H and O–H groups in total. The van der Waals surface area contributed by atoms with Crippen LogP contribution in [0.5, 0.6) is 0 Å². The third-order valence-corrected chi connectivity index (χ3v) is 5.55. The lowest BCUT2D eigenvalue weighted by molar-refractivity contribution is 0.122. The number of amidine groups is 1. The van der Waals surface area contributed by atoms with E-state index >= 15 is 0 Å². The molecular formula is C25H23FN4O. The number of rotatable bonds is 3. The minimum Gasteiger partial charge on any atom is -0.378 e. The second-order valence-electron chi connectivity index (χ2n) is 7.71. The van der Waals surface area contributed by atoms with Crippen LogP contribution in [0, 0.1) is 12.7 Å². The van der Waals surface area contributed by atoms with Gasteiger partial charge in [0.1, 0.15) is 5.82 Å². The van der Waals surface area contributed by atoms with Crippen molar-refractivity contribution in [3.63, 3.8) is 0 Å². The second-order valence-corrected chi connectivity index (χ2v) is 7.71. The summed E-state index contributed by atoms with van der Waals surface area (Å²) in [5, 5.41) is 4.71. The molecule has 5 rings (SSSR count). The van der Waals surface area contributed by atoms with E-state index in [1.807, 2.05) is 12.1 Å². The fourth-order valence-electron chi connectivity index (χ4n) is 3.86. The maximum atomic E-state index is 13.4. The van der Waals surface area contributed by atoms with Crippen LogP contribution in [0.3, 0.4) is 0 Å². The van der Waals surface area contributed by atoms with Gasteiger partial charge in [0.05, 0.1) is 24.6 Å². The van der Waals surface area contributed by atoms with Crippen molar-refractivity contribution in [2.24, 2.45) is 10.1 Å². The first kappa shape index (κ1) is 19.5. The van der Waals surface area contributed by atoms with Crippen molar-refractivity contribution >= 4 is 22.9 Å². The highest BCUT2D eigenvalue weighted by Crippen LogP contribution is 2.28. The van der Waals surface area contributed by atoms with Crippen LogP contribution in [0.25, 0.3) is 0 Å². The Morgan fingerprint density at radius 1 is 0.903 bits per heavy atom. The molecule has 0 bridgehead atoms. The fraction of sp³-hybridized carbons (Fsp3) is 0.200. The number of hydrogen-bond donors (Lipinski definition) is 1. The first-order chi connectivity index (χ1) is 15.2. The molecule has 3 aromatic carbocycles. The molecule has 0 radical (unpaired) electrons. The van der Waals surface area contributed by atoms with E-state index in [0.717, 1.165) is 60.0 Å². The molecular weight excluding hydrogens is 391 g/mol. The van der Waals surface area contributed by atoms with E-state index in [-0.39, 0.29) is 5.82 Å². The first-order valence-electron chi connectivity index (χ1n) is 10.4. The van der Waals surface area contributed by atoms with Gasteiger partial charge in [-0.2, -0.15) is 5.10 Å². The van der Waals surface area contributed by atoms with Gasteiger partial charge in [-0.05, 0) is 55.5 Å². The summed E-state index contributed by atoms with van der Waals surface area (Å²) in [6.45, 7) is 5.38. The topological polar surface area (TPSA) is 49.2 Å². The predicted octanol–water partition coefficient (Wildman–Crippen LogP) is 4.40. The molecule has 2 heterocycles. The van der Waals surface area contributed by atoms with Gasteiger partial charge in [0.15, 0.2) is 5.84 Å². The minimum absolute atomic E-state index is 0.279. The Morgan fingerprint density at radius 2 is 1.61 bits per heavy atom. The largest absolute Gasteiger partial charge is 0.378 e. The van der Waals surface area contributed by atoms with Crippen LogP contribution in [0.2, 0.25) is 0 Å². The Kier molecular flexibility index (Phi) is 5.22. The lowest BCUT2D eigenvalue weighted by Crippen LogP contribution is -2.36. The number of anilines is 1. The van der Waals surface area contributed by atoms with Gasteiger partial charge in [0.25, 0.3) is 0 Å². The number of aliphatic imine (C=N–C) groups is 1. The van der Waals surface area contributed by atoms with Crippen molar-refractivity contribution in [1.82, 2.24) is 5.43 Å². The number of aryl methyl sites for hydroxylation is 1. The number of morpholine rings is 1. The van der Waals surface area contributed by atoms with Crippen LogP contribution in [-0.4, -0.2) is 37.9 Å². The van der Waals surface area contributed by atoms with Crippen molar-refractivity contribution in [2.45, 2.75) is 6.92 Å². The number of ether oxygens (including phenoxy) is 1. The molecule has 156 valence electrons. The maximum absolute atomic E-state index is 13.4. The highest BCUT2D eigenvalue weighted by Gasteiger charge is 2.18. The molecule has 0 unspecified atom stereocenters. The zero-order chi connectivity index (χ0) is 21.2. The van der Waals surface area contributed by atoms with Gasteiger partial charge in [-0.15, -0.1) is 0 Å². The van der Waals surface area contributed by atoms with E-state index in [2.05, 4.69) is 47.6 Å². The minimum atomic E-state index is -0.279. The first-order valence-corrected chi connectivity index (χ1v) is 10.4. The molecule has 31 heavy (non-hydrogen) atoms. The molecule has 5 nitrogen and oxygen atoms in total. The highest BCUT2D eigenvalue weighted by atomic mass is 19.1. The molecule has 1 saturated heterocycles. The van der Waals surface area contributed by atoms with Gasteiger partial charge in [-0.3, -0.25) is 5.43 Å². The van der Waals surface area contributed by atoms with Gasteiger partial charge < -0.3 is 9.64 Å². The number of hydrogen-bond acceptors (Lipinski definition) is 5. The maximum Gasteiger partial charge on any atom is 0.154 e. The summed E-state index contributed by atoms with van der Waals surface area (Å²) in [6, 6.07) is 20.8. The Balaban J connectivity index is 1.52. The van der Waals surface area contributed by atoms with Crippen LogP contribution < -0.4 is 10.3 Å². The molecule has 3 aromatic rings. The summed E-state index contributed by atoms with van der Waals surface area (Å²) >= 11 is 0. The van der Waals surface area contributed by atoms with Gasteiger partial charge in [0.2, 0.25) is 0 Å². The van der Waals surface area contributed by atoms with Crippen LogP contribution in [0.4, 0.5) is 15.8 Å². The Bertz CT molecular complexity index is 1150. The average Bonchev–Trinajstić information content (AvgIpc) is 3.00. The number of nitrogens with one attached hydrogen (secondary N) is 1. The number of benzene rings is 3. The van der Waals surface area contributed by atoms with Gasteiger partial charge in [-0.25, -0.2) is 9.38 Å². The van der Waals surface area contributed by atoms with E-state index < -0.39 is 0 Å². The van der Waals surface area contributed by atoms with Gasteiger partial charge in [0, 0.05) is 35.5 Å². The summed E-state index contributed by atoms with van der Waals surface area (Å²) < 4.78 is 18.8. The van der Waals surface area contributed by atoms with Crippen molar-refractivity contribution in [3.05, 3.63) is 94.8 Å². The summed E-state index contributed by atoms with van der Waals surface area (Å²) in [4.78, 5) is 7.12. The van der Waals surface area contributed by atoms with Crippen LogP contribution in [0.1, 0.15) is 22.3 Å². The number of hydrazone groups is 1. The third kappa shape index (κ3) is 4.07. The number of nitrogens with zero attached hydrogens (tertiary/aromatic N) is 3. The fourth-order valence-corrected chi connectivity index (χ4v) is 3.86. The molecule has 0 saturated carbocycles. The molecule has 0 amide bonds. The zero-order valence-corrected chi connectivity index (χ0v) is 17.3. The van der Waals surface area contributed by atoms with E-state index in [1.165, 1.54) is 17.8 Å². The van der Waals surface area contributed by atoms with Gasteiger partial charge in [-0.1, -0.05) is 23.8 Å². The normalized spacial score (nSPS) is 16.0. The van der Waals surface area contributed by atoms with Crippen molar-refractivity contribution < 1.29 is 9.13 Å². The molecule has 2 aliphatic heterocycles.